The van der Waals surface area contributed by atoms with E-state index >= 15 is 0 Å². The quantitative estimate of drug-likeness (QED) is 0.0893. The minimum Gasteiger partial charge on any atom is -0.491 e. The molecule has 7 nitrogen and oxygen atoms in total. The first kappa shape index (κ1) is 37.0. The number of benzene rings is 3. The normalized spacial score (nSPS) is 13.2. The van der Waals surface area contributed by atoms with Crippen LogP contribution in [0.2, 0.25) is 0 Å². The molecule has 0 unspecified atom stereocenters. The number of halogens is 3. The molecule has 0 spiro atoms. The summed E-state index contributed by atoms with van der Waals surface area (Å²) in [6, 6.07) is 21.9. The number of imidazole rings is 1. The molecule has 4 aromatic rings. The molecule has 1 amide bonds. The molecular weight excluding hydrogens is 662 g/mol. The van der Waals surface area contributed by atoms with Crippen molar-refractivity contribution in [3.8, 4) is 16.9 Å². The van der Waals surface area contributed by atoms with Crippen molar-refractivity contribution in [1.29, 1.82) is 0 Å². The zero-order valence-corrected chi connectivity index (χ0v) is 29.6. The number of anilines is 2. The summed E-state index contributed by atoms with van der Waals surface area (Å²) >= 11 is 1.45. The number of amides is 1. The van der Waals surface area contributed by atoms with Crippen LogP contribution < -0.4 is 15.0 Å². The van der Waals surface area contributed by atoms with E-state index in [1.54, 1.807) is 0 Å². The molecular formula is C39H45F3N4O3S. The second kappa shape index (κ2) is 17.6. The lowest BCUT2D eigenvalue weighted by atomic mass is 10.00. The lowest BCUT2D eigenvalue weighted by Gasteiger charge is -2.27. The number of rotatable bonds is 16. The zero-order chi connectivity index (χ0) is 35.5. The van der Waals surface area contributed by atoms with E-state index in [-0.39, 0.29) is 11.6 Å². The Morgan fingerprint density at radius 1 is 1.02 bits per heavy atom. The average Bonchev–Trinajstić information content (AvgIpc) is 3.44. The van der Waals surface area contributed by atoms with Crippen molar-refractivity contribution in [2.24, 2.45) is 5.92 Å². The standard InChI is InChI=1S/C39H45F3N4O3S/c1-4-5-18-48-19-20-49-34-11-6-28(7-12-34)29-8-15-36-31(21-29)22-30(16-17-46(36)25-27(2)3)38(47)45-32-9-13-35(14-10-32)50-26-37-43-24-33(44-37)23-39(40,41)42/h6-15,21-22,24,27H,4-5,16-20,23,25-26H2,1-3H3,(H,43,44)(H,45,47). The second-order valence-electron chi connectivity index (χ2n) is 12.8. The van der Waals surface area contributed by atoms with Gasteiger partial charge in [-0.15, -0.1) is 11.8 Å². The van der Waals surface area contributed by atoms with Gasteiger partial charge >= 0.3 is 6.18 Å². The Bertz CT molecular complexity index is 1720. The highest BCUT2D eigenvalue weighted by molar-refractivity contribution is 7.98. The van der Waals surface area contributed by atoms with Gasteiger partial charge in [-0.2, -0.15) is 13.2 Å². The minimum absolute atomic E-state index is 0.0238. The summed E-state index contributed by atoms with van der Waals surface area (Å²) in [7, 11) is 0. The van der Waals surface area contributed by atoms with Gasteiger partial charge in [0.05, 0.1) is 24.5 Å². The summed E-state index contributed by atoms with van der Waals surface area (Å²) in [5, 5.41) is 3.05. The molecule has 5 rings (SSSR count). The maximum atomic E-state index is 13.6. The Morgan fingerprint density at radius 2 is 1.78 bits per heavy atom. The average molecular weight is 707 g/mol. The third-order valence-electron chi connectivity index (χ3n) is 8.11. The van der Waals surface area contributed by atoms with Gasteiger partial charge in [-0.3, -0.25) is 4.79 Å². The van der Waals surface area contributed by atoms with Crippen LogP contribution in [0.4, 0.5) is 24.5 Å². The maximum absolute atomic E-state index is 13.6. The van der Waals surface area contributed by atoms with Crippen LogP contribution >= 0.6 is 11.8 Å². The van der Waals surface area contributed by atoms with Crippen molar-refractivity contribution in [3.05, 3.63) is 95.6 Å². The summed E-state index contributed by atoms with van der Waals surface area (Å²) in [5.74, 6) is 1.98. The number of nitrogens with zero attached hydrogens (tertiary/aromatic N) is 2. The predicted molar refractivity (Wildman–Crippen MR) is 196 cm³/mol. The summed E-state index contributed by atoms with van der Waals surface area (Å²) in [5.41, 5.74) is 5.56. The topological polar surface area (TPSA) is 79.5 Å². The third-order valence-corrected chi connectivity index (χ3v) is 9.13. The number of ether oxygens (including phenoxy) is 2. The van der Waals surface area contributed by atoms with E-state index in [4.69, 9.17) is 9.47 Å². The van der Waals surface area contributed by atoms with Gasteiger partial charge < -0.3 is 24.7 Å². The lowest BCUT2D eigenvalue weighted by molar-refractivity contribution is -0.127. The number of aromatic amines is 1. The van der Waals surface area contributed by atoms with Gasteiger partial charge in [0.2, 0.25) is 0 Å². The molecule has 50 heavy (non-hydrogen) atoms. The van der Waals surface area contributed by atoms with E-state index in [1.807, 2.05) is 42.5 Å². The largest absolute Gasteiger partial charge is 0.491 e. The predicted octanol–water partition coefficient (Wildman–Crippen LogP) is 9.56. The van der Waals surface area contributed by atoms with Gasteiger partial charge in [0.1, 0.15) is 18.2 Å². The van der Waals surface area contributed by atoms with Crippen molar-refractivity contribution >= 4 is 35.1 Å². The monoisotopic (exact) mass is 706 g/mol. The first-order chi connectivity index (χ1) is 24.1. The maximum Gasteiger partial charge on any atom is 0.394 e. The molecule has 0 radical (unpaired) electrons. The molecule has 1 aliphatic rings. The number of unbranched alkanes of at least 4 members (excludes halogenated alkanes) is 1. The van der Waals surface area contributed by atoms with Crippen LogP contribution in [0.3, 0.4) is 0 Å². The highest BCUT2D eigenvalue weighted by Crippen LogP contribution is 2.34. The van der Waals surface area contributed by atoms with Crippen molar-refractivity contribution in [2.45, 2.75) is 63.3 Å². The minimum atomic E-state index is -4.29. The van der Waals surface area contributed by atoms with E-state index in [9.17, 15) is 18.0 Å². The number of fused-ring (bicyclic) bond motifs is 1. The SMILES string of the molecule is CCCCOCCOc1ccc(-c2ccc3c(c2)C=C(C(=O)Nc2ccc(SCc4nc(CC(F)(F)F)c[nH]4)cc2)CCN3CC(C)C)cc1. The van der Waals surface area contributed by atoms with Crippen LogP contribution in [-0.4, -0.2) is 55.0 Å². The number of thioether (sulfide) groups is 1. The molecule has 0 aliphatic carbocycles. The number of alkyl halides is 3. The summed E-state index contributed by atoms with van der Waals surface area (Å²) in [6.45, 7) is 9.98. The van der Waals surface area contributed by atoms with E-state index in [0.29, 0.717) is 48.4 Å². The summed E-state index contributed by atoms with van der Waals surface area (Å²) in [6.07, 6.45) is 0.723. The molecule has 0 bridgehead atoms. The van der Waals surface area contributed by atoms with Crippen LogP contribution in [0, 0.1) is 5.92 Å². The highest BCUT2D eigenvalue weighted by atomic mass is 32.2. The fraction of sp³-hybridized carbons (Fsp3) is 0.385. The Labute approximate surface area is 296 Å². The Kier molecular flexibility index (Phi) is 13.1. The van der Waals surface area contributed by atoms with Crippen LogP contribution in [-0.2, 0) is 21.7 Å². The molecule has 266 valence electrons. The molecule has 0 fully saturated rings. The zero-order valence-electron chi connectivity index (χ0n) is 28.8. The first-order valence-electron chi connectivity index (χ1n) is 17.1. The van der Waals surface area contributed by atoms with Gasteiger partial charge in [-0.1, -0.05) is 45.4 Å². The van der Waals surface area contributed by atoms with Crippen molar-refractivity contribution in [2.75, 3.05) is 43.1 Å². The van der Waals surface area contributed by atoms with Crippen LogP contribution in [0.25, 0.3) is 17.2 Å². The number of H-pyrrole nitrogens is 1. The number of aromatic nitrogens is 2. The van der Waals surface area contributed by atoms with E-state index in [0.717, 1.165) is 65.6 Å². The fourth-order valence-electron chi connectivity index (χ4n) is 5.67. The number of hydrogen-bond acceptors (Lipinski definition) is 6. The van der Waals surface area contributed by atoms with Gasteiger partial charge in [-0.05, 0) is 90.1 Å². The van der Waals surface area contributed by atoms with Crippen molar-refractivity contribution in [3.63, 3.8) is 0 Å². The van der Waals surface area contributed by atoms with Crippen molar-refractivity contribution in [1.82, 2.24) is 9.97 Å². The lowest BCUT2D eigenvalue weighted by Crippen LogP contribution is -2.29. The van der Waals surface area contributed by atoms with E-state index in [2.05, 4.69) is 71.3 Å². The molecule has 3 aromatic carbocycles. The van der Waals surface area contributed by atoms with E-state index < -0.39 is 12.6 Å². The van der Waals surface area contributed by atoms with Gasteiger partial charge in [-0.25, -0.2) is 4.98 Å². The number of nitrogens with one attached hydrogen (secondary N) is 2. The molecule has 2 heterocycles. The fourth-order valence-corrected chi connectivity index (χ4v) is 6.45. The van der Waals surface area contributed by atoms with Gasteiger partial charge in [0, 0.05) is 47.7 Å². The Hall–Kier alpha value is -4.22. The smallest absolute Gasteiger partial charge is 0.394 e. The molecule has 1 aliphatic heterocycles. The first-order valence-corrected chi connectivity index (χ1v) is 18.1. The van der Waals surface area contributed by atoms with Crippen LogP contribution in [0.1, 0.15) is 57.1 Å². The van der Waals surface area contributed by atoms with E-state index in [1.165, 1.54) is 18.0 Å². The number of hydrogen-bond donors (Lipinski definition) is 2. The Morgan fingerprint density at radius 3 is 2.50 bits per heavy atom. The Balaban J connectivity index is 1.24. The van der Waals surface area contributed by atoms with Gasteiger partial charge in [0.25, 0.3) is 5.91 Å². The number of carbonyl (C=O) groups excluding carboxylic acids is 1. The summed E-state index contributed by atoms with van der Waals surface area (Å²) in [4.78, 5) is 23.7. The molecule has 1 aromatic heterocycles. The molecule has 0 saturated heterocycles. The molecule has 0 saturated carbocycles. The molecule has 2 N–H and O–H groups in total. The second-order valence-corrected chi connectivity index (χ2v) is 13.8. The summed E-state index contributed by atoms with van der Waals surface area (Å²) < 4.78 is 49.4. The number of carbonyl (C=O) groups is 1. The van der Waals surface area contributed by atoms with Crippen LogP contribution in [0.15, 0.2) is 83.4 Å². The third kappa shape index (κ3) is 11.1. The van der Waals surface area contributed by atoms with Crippen molar-refractivity contribution < 1.29 is 27.4 Å². The molecule has 11 heteroatoms. The highest BCUT2D eigenvalue weighted by Gasteiger charge is 2.29. The van der Waals surface area contributed by atoms with Gasteiger partial charge in [0.15, 0.2) is 0 Å². The van der Waals surface area contributed by atoms with Crippen LogP contribution in [0.5, 0.6) is 5.75 Å². The molecule has 0 atom stereocenters.